The van der Waals surface area contributed by atoms with E-state index in [1.807, 2.05) is 32.2 Å². The number of thiol groups is 1. The van der Waals surface area contributed by atoms with Gasteiger partial charge in [-0.05, 0) is 43.9 Å². The monoisotopic (exact) mass is 279 g/mol. The Kier molecular flexibility index (Phi) is 4.88. The average Bonchev–Trinajstić information content (AvgIpc) is 2.42. The summed E-state index contributed by atoms with van der Waals surface area (Å²) in [5.41, 5.74) is 1.71. The summed E-state index contributed by atoms with van der Waals surface area (Å²) in [6.45, 7) is 3.43. The third kappa shape index (κ3) is 3.74. The number of hydrogen-bond acceptors (Lipinski definition) is 3. The fourth-order valence-corrected chi connectivity index (χ4v) is 2.59. The molecule has 1 aliphatic rings. The molecule has 0 spiro atoms. The molecular weight excluding hydrogens is 258 g/mol. The van der Waals surface area contributed by atoms with E-state index in [1.54, 1.807) is 4.90 Å². The molecule has 1 fully saturated rings. The lowest BCUT2D eigenvalue weighted by Crippen LogP contribution is -2.37. The van der Waals surface area contributed by atoms with Crippen LogP contribution in [0.15, 0.2) is 23.1 Å². The Morgan fingerprint density at radius 2 is 2.26 bits per heavy atom. The maximum Gasteiger partial charge on any atom is 0.253 e. The molecule has 4 heteroatoms. The van der Waals surface area contributed by atoms with E-state index < -0.39 is 0 Å². The fourth-order valence-electron chi connectivity index (χ4n) is 2.39. The molecule has 19 heavy (non-hydrogen) atoms. The molecule has 1 atom stereocenters. The molecule has 0 aliphatic carbocycles. The van der Waals surface area contributed by atoms with E-state index in [4.69, 9.17) is 4.74 Å². The number of nitrogens with zero attached hydrogens (tertiary/aromatic N) is 1. The van der Waals surface area contributed by atoms with Crippen molar-refractivity contribution in [1.29, 1.82) is 0 Å². The molecule has 104 valence electrons. The molecule has 0 bridgehead atoms. The molecular formula is C15H21NO2S. The first-order chi connectivity index (χ1) is 9.08. The van der Waals surface area contributed by atoms with Gasteiger partial charge in [-0.2, -0.15) is 0 Å². The van der Waals surface area contributed by atoms with E-state index in [0.29, 0.717) is 6.54 Å². The summed E-state index contributed by atoms with van der Waals surface area (Å²) in [5, 5.41) is 0. The predicted octanol–water partition coefficient (Wildman–Crippen LogP) is 2.92. The molecule has 1 aliphatic heterocycles. The Labute approximate surface area is 120 Å². The number of rotatable bonds is 3. The number of aryl methyl sites for hydroxylation is 1. The van der Waals surface area contributed by atoms with E-state index in [0.717, 1.165) is 35.5 Å². The van der Waals surface area contributed by atoms with Gasteiger partial charge in [0.05, 0.1) is 6.10 Å². The molecule has 0 radical (unpaired) electrons. The highest BCUT2D eigenvalue weighted by Gasteiger charge is 2.20. The molecule has 1 unspecified atom stereocenters. The highest BCUT2D eigenvalue weighted by molar-refractivity contribution is 7.80. The minimum absolute atomic E-state index is 0.0440. The van der Waals surface area contributed by atoms with Crippen molar-refractivity contribution >= 4 is 18.5 Å². The lowest BCUT2D eigenvalue weighted by Gasteiger charge is -2.27. The summed E-state index contributed by atoms with van der Waals surface area (Å²) in [5.74, 6) is 0.0440. The molecule has 1 aromatic carbocycles. The lowest BCUT2D eigenvalue weighted by molar-refractivity contribution is -0.000206. The van der Waals surface area contributed by atoms with Gasteiger partial charge in [0.15, 0.2) is 0 Å². The summed E-state index contributed by atoms with van der Waals surface area (Å²) >= 11 is 4.30. The number of carbonyl (C=O) groups is 1. The van der Waals surface area contributed by atoms with Crippen LogP contribution >= 0.6 is 12.6 Å². The Balaban J connectivity index is 2.03. The maximum atomic E-state index is 12.4. The van der Waals surface area contributed by atoms with Crippen LogP contribution in [0, 0.1) is 6.92 Å². The summed E-state index contributed by atoms with van der Waals surface area (Å²) in [7, 11) is 1.84. The minimum atomic E-state index is 0.0440. The predicted molar refractivity (Wildman–Crippen MR) is 79.0 cm³/mol. The quantitative estimate of drug-likeness (QED) is 0.862. The Hall–Kier alpha value is -1.00. The SMILES string of the molecule is Cc1ccc(S)cc1C(=O)N(C)CC1CCCCO1. The summed E-state index contributed by atoms with van der Waals surface area (Å²) in [4.78, 5) is 15.0. The first-order valence-corrected chi connectivity index (χ1v) is 7.19. The van der Waals surface area contributed by atoms with Gasteiger partial charge in [-0.1, -0.05) is 6.07 Å². The van der Waals surface area contributed by atoms with Gasteiger partial charge in [0.25, 0.3) is 5.91 Å². The number of amides is 1. The van der Waals surface area contributed by atoms with Crippen LogP contribution in [-0.2, 0) is 4.74 Å². The van der Waals surface area contributed by atoms with Crippen molar-refractivity contribution in [2.45, 2.75) is 37.2 Å². The van der Waals surface area contributed by atoms with E-state index in [2.05, 4.69) is 12.6 Å². The first kappa shape index (κ1) is 14.4. The Bertz CT molecular complexity index is 455. The maximum absolute atomic E-state index is 12.4. The van der Waals surface area contributed by atoms with E-state index in [1.165, 1.54) is 6.42 Å². The van der Waals surface area contributed by atoms with Crippen LogP contribution < -0.4 is 0 Å². The van der Waals surface area contributed by atoms with Crippen molar-refractivity contribution in [1.82, 2.24) is 4.90 Å². The topological polar surface area (TPSA) is 29.5 Å². The highest BCUT2D eigenvalue weighted by Crippen LogP contribution is 2.18. The molecule has 0 saturated carbocycles. The van der Waals surface area contributed by atoms with Gasteiger partial charge in [-0.25, -0.2) is 0 Å². The lowest BCUT2D eigenvalue weighted by atomic mass is 10.1. The second kappa shape index (κ2) is 6.44. The zero-order chi connectivity index (χ0) is 13.8. The molecule has 0 N–H and O–H groups in total. The van der Waals surface area contributed by atoms with Crippen LogP contribution in [0.2, 0.25) is 0 Å². The smallest absolute Gasteiger partial charge is 0.253 e. The zero-order valence-corrected chi connectivity index (χ0v) is 12.5. The van der Waals surface area contributed by atoms with Gasteiger partial charge < -0.3 is 9.64 Å². The van der Waals surface area contributed by atoms with Gasteiger partial charge >= 0.3 is 0 Å². The number of hydrogen-bond donors (Lipinski definition) is 1. The molecule has 1 heterocycles. The first-order valence-electron chi connectivity index (χ1n) is 6.74. The van der Waals surface area contributed by atoms with Crippen LogP contribution in [0.25, 0.3) is 0 Å². The fraction of sp³-hybridized carbons (Fsp3) is 0.533. The summed E-state index contributed by atoms with van der Waals surface area (Å²) < 4.78 is 5.68. The van der Waals surface area contributed by atoms with Crippen molar-refractivity contribution in [2.24, 2.45) is 0 Å². The Morgan fingerprint density at radius 3 is 2.95 bits per heavy atom. The molecule has 3 nitrogen and oxygen atoms in total. The molecule has 1 amide bonds. The minimum Gasteiger partial charge on any atom is -0.376 e. The van der Waals surface area contributed by atoms with Crippen LogP contribution in [-0.4, -0.2) is 37.1 Å². The normalized spacial score (nSPS) is 19.2. The number of likely N-dealkylation sites (N-methyl/N-ethyl adjacent to an activating group) is 1. The van der Waals surface area contributed by atoms with Crippen molar-refractivity contribution < 1.29 is 9.53 Å². The van der Waals surface area contributed by atoms with E-state index in [9.17, 15) is 4.79 Å². The third-order valence-corrected chi connectivity index (χ3v) is 3.83. The van der Waals surface area contributed by atoms with Crippen LogP contribution in [0.1, 0.15) is 35.2 Å². The van der Waals surface area contributed by atoms with E-state index in [-0.39, 0.29) is 12.0 Å². The van der Waals surface area contributed by atoms with Gasteiger partial charge in [0.2, 0.25) is 0 Å². The van der Waals surface area contributed by atoms with Crippen molar-refractivity contribution in [3.05, 3.63) is 29.3 Å². The van der Waals surface area contributed by atoms with Gasteiger partial charge in [0.1, 0.15) is 0 Å². The van der Waals surface area contributed by atoms with Gasteiger partial charge in [-0.15, -0.1) is 12.6 Å². The van der Waals surface area contributed by atoms with Crippen LogP contribution in [0.4, 0.5) is 0 Å². The largest absolute Gasteiger partial charge is 0.376 e. The van der Waals surface area contributed by atoms with Gasteiger partial charge in [-0.3, -0.25) is 4.79 Å². The molecule has 0 aromatic heterocycles. The van der Waals surface area contributed by atoms with Crippen molar-refractivity contribution in [2.75, 3.05) is 20.2 Å². The summed E-state index contributed by atoms with van der Waals surface area (Å²) in [6.07, 6.45) is 3.55. The standard InChI is InChI=1S/C15H21NO2S/c1-11-6-7-13(19)9-14(11)15(17)16(2)10-12-5-3-4-8-18-12/h6-7,9,12,19H,3-5,8,10H2,1-2H3. The highest BCUT2D eigenvalue weighted by atomic mass is 32.1. The Morgan fingerprint density at radius 1 is 1.47 bits per heavy atom. The molecule has 2 rings (SSSR count). The second-order valence-electron chi connectivity index (χ2n) is 5.17. The molecule has 1 aromatic rings. The third-order valence-electron chi connectivity index (χ3n) is 3.55. The summed E-state index contributed by atoms with van der Waals surface area (Å²) in [6, 6.07) is 5.67. The van der Waals surface area contributed by atoms with Crippen LogP contribution in [0.5, 0.6) is 0 Å². The van der Waals surface area contributed by atoms with Crippen molar-refractivity contribution in [3.63, 3.8) is 0 Å². The van der Waals surface area contributed by atoms with Crippen LogP contribution in [0.3, 0.4) is 0 Å². The number of ether oxygens (including phenoxy) is 1. The number of benzene rings is 1. The second-order valence-corrected chi connectivity index (χ2v) is 5.69. The van der Waals surface area contributed by atoms with E-state index >= 15 is 0 Å². The number of carbonyl (C=O) groups excluding carboxylic acids is 1. The van der Waals surface area contributed by atoms with Gasteiger partial charge in [0, 0.05) is 30.7 Å². The average molecular weight is 279 g/mol. The zero-order valence-electron chi connectivity index (χ0n) is 11.6. The molecule has 1 saturated heterocycles. The van der Waals surface area contributed by atoms with Crippen molar-refractivity contribution in [3.8, 4) is 0 Å².